The third-order valence-corrected chi connectivity index (χ3v) is 1.97. The van der Waals surface area contributed by atoms with Crippen LogP contribution in [0.25, 0.3) is 0 Å². The first kappa shape index (κ1) is 12.0. The minimum atomic E-state index is -1.15. The summed E-state index contributed by atoms with van der Waals surface area (Å²) in [6.45, 7) is -0.205. The minimum absolute atomic E-state index is 0.109. The van der Waals surface area contributed by atoms with Gasteiger partial charge in [0.15, 0.2) is 0 Å². The van der Waals surface area contributed by atoms with Crippen molar-refractivity contribution in [3.63, 3.8) is 0 Å². The maximum absolute atomic E-state index is 10.4. The van der Waals surface area contributed by atoms with Gasteiger partial charge in [0.25, 0.3) is 0 Å². The van der Waals surface area contributed by atoms with Crippen molar-refractivity contribution in [2.45, 2.75) is 6.04 Å². The number of halogens is 2. The van der Waals surface area contributed by atoms with Crippen LogP contribution in [0, 0.1) is 0 Å². The summed E-state index contributed by atoms with van der Waals surface area (Å²) in [7, 11) is 0. The Kier molecular flexibility index (Phi) is 4.14. The lowest BCUT2D eigenvalue weighted by Gasteiger charge is -2.09. The van der Waals surface area contributed by atoms with E-state index in [1.54, 1.807) is 0 Å². The number of nitrogens with zero attached hydrogens (tertiary/aromatic N) is 1. The van der Waals surface area contributed by atoms with Crippen molar-refractivity contribution in [2.24, 2.45) is 5.73 Å². The molecule has 0 spiro atoms. The van der Waals surface area contributed by atoms with Crippen LogP contribution < -0.4 is 10.5 Å². The zero-order valence-electron chi connectivity index (χ0n) is 7.48. The number of hydrogen-bond donors (Lipinski definition) is 2. The third-order valence-electron chi connectivity index (χ3n) is 1.49. The molecule has 0 saturated heterocycles. The molecule has 82 valence electrons. The molecule has 0 aliphatic heterocycles. The maximum Gasteiger partial charge on any atom is 0.324 e. The van der Waals surface area contributed by atoms with Crippen molar-refractivity contribution in [1.82, 2.24) is 4.98 Å². The number of nitrogens with two attached hydrogens (primary N) is 1. The molecule has 1 heterocycles. The van der Waals surface area contributed by atoms with Gasteiger partial charge in [0.2, 0.25) is 5.88 Å². The molecule has 0 aliphatic carbocycles. The predicted octanol–water partition coefficient (Wildman–Crippen LogP) is 1.18. The number of rotatable bonds is 4. The molecule has 0 amide bonds. The fraction of sp³-hybridized carbons (Fsp3) is 0.250. The Morgan fingerprint density at radius 2 is 2.33 bits per heavy atom. The van der Waals surface area contributed by atoms with E-state index in [0.717, 1.165) is 0 Å². The Balaban J connectivity index is 2.62. The summed E-state index contributed by atoms with van der Waals surface area (Å²) in [6, 6.07) is 0.330. The lowest BCUT2D eigenvalue weighted by atomic mass is 10.3. The van der Waals surface area contributed by atoms with Crippen LogP contribution in [0.15, 0.2) is 12.3 Å². The summed E-state index contributed by atoms with van der Waals surface area (Å²) in [5.74, 6) is -1.04. The number of carboxylic acid groups (broad SMARTS) is 1. The SMILES string of the molecule is NC(COc1ncc(Cl)cc1Cl)C(=O)O. The molecule has 0 aliphatic rings. The molecule has 1 atom stereocenters. The molecule has 1 unspecified atom stereocenters. The maximum atomic E-state index is 10.4. The van der Waals surface area contributed by atoms with Gasteiger partial charge in [-0.05, 0) is 6.07 Å². The molecule has 5 nitrogen and oxygen atoms in total. The molecule has 15 heavy (non-hydrogen) atoms. The standard InChI is InChI=1S/C8H8Cl2N2O3/c9-4-1-5(10)7(12-2-4)15-3-6(11)8(13)14/h1-2,6H,3,11H2,(H,13,14). The van der Waals surface area contributed by atoms with E-state index in [4.69, 9.17) is 38.8 Å². The summed E-state index contributed by atoms with van der Waals surface area (Å²) < 4.78 is 5.01. The van der Waals surface area contributed by atoms with Gasteiger partial charge in [-0.25, -0.2) is 4.98 Å². The summed E-state index contributed by atoms with van der Waals surface area (Å²) in [4.78, 5) is 14.2. The lowest BCUT2D eigenvalue weighted by molar-refractivity contribution is -0.139. The van der Waals surface area contributed by atoms with Crippen molar-refractivity contribution >= 4 is 29.2 Å². The molecule has 0 aromatic carbocycles. The van der Waals surface area contributed by atoms with Crippen LogP contribution in [-0.2, 0) is 4.79 Å². The molecule has 1 aromatic rings. The van der Waals surface area contributed by atoms with Gasteiger partial charge in [0.05, 0.1) is 5.02 Å². The number of ether oxygens (including phenoxy) is 1. The average Bonchev–Trinajstić information content (AvgIpc) is 2.15. The van der Waals surface area contributed by atoms with Crippen LogP contribution in [0.2, 0.25) is 10.0 Å². The van der Waals surface area contributed by atoms with Crippen LogP contribution in [0.1, 0.15) is 0 Å². The zero-order valence-corrected chi connectivity index (χ0v) is 9.00. The molecule has 1 rings (SSSR count). The predicted molar refractivity (Wildman–Crippen MR) is 55.4 cm³/mol. The van der Waals surface area contributed by atoms with Gasteiger partial charge in [0, 0.05) is 6.20 Å². The highest BCUT2D eigenvalue weighted by Crippen LogP contribution is 2.24. The summed E-state index contributed by atoms with van der Waals surface area (Å²) in [5.41, 5.74) is 5.22. The van der Waals surface area contributed by atoms with Crippen LogP contribution >= 0.6 is 23.2 Å². The monoisotopic (exact) mass is 250 g/mol. The van der Waals surface area contributed by atoms with E-state index in [0.29, 0.717) is 5.02 Å². The molecule has 3 N–H and O–H groups in total. The topological polar surface area (TPSA) is 85.4 Å². The molecule has 0 bridgehead atoms. The quantitative estimate of drug-likeness (QED) is 0.839. The van der Waals surface area contributed by atoms with Gasteiger partial charge >= 0.3 is 5.97 Å². The van der Waals surface area contributed by atoms with Crippen molar-refractivity contribution in [3.8, 4) is 5.88 Å². The Morgan fingerprint density at radius 3 is 2.87 bits per heavy atom. The Bertz CT molecular complexity index is 373. The van der Waals surface area contributed by atoms with Crippen molar-refractivity contribution in [1.29, 1.82) is 0 Å². The Morgan fingerprint density at radius 1 is 1.67 bits per heavy atom. The van der Waals surface area contributed by atoms with Gasteiger partial charge in [-0.3, -0.25) is 4.79 Å². The highest BCUT2D eigenvalue weighted by molar-refractivity contribution is 6.35. The average molecular weight is 251 g/mol. The lowest BCUT2D eigenvalue weighted by Crippen LogP contribution is -2.36. The van der Waals surface area contributed by atoms with E-state index in [1.807, 2.05) is 0 Å². The molecule has 0 radical (unpaired) electrons. The van der Waals surface area contributed by atoms with Gasteiger partial charge in [-0.2, -0.15) is 0 Å². The number of carbonyl (C=O) groups is 1. The fourth-order valence-corrected chi connectivity index (χ4v) is 1.18. The van der Waals surface area contributed by atoms with Crippen molar-refractivity contribution in [3.05, 3.63) is 22.3 Å². The second kappa shape index (κ2) is 5.16. The molecular weight excluding hydrogens is 243 g/mol. The summed E-state index contributed by atoms with van der Waals surface area (Å²) >= 11 is 11.3. The highest BCUT2D eigenvalue weighted by Gasteiger charge is 2.13. The van der Waals surface area contributed by atoms with Gasteiger partial charge in [0.1, 0.15) is 17.7 Å². The highest BCUT2D eigenvalue weighted by atomic mass is 35.5. The summed E-state index contributed by atoms with van der Waals surface area (Å²) in [5, 5.41) is 9.07. The second-order valence-corrected chi connectivity index (χ2v) is 3.54. The summed E-state index contributed by atoms with van der Waals surface area (Å²) in [6.07, 6.45) is 1.34. The van der Waals surface area contributed by atoms with Crippen LogP contribution in [0.4, 0.5) is 0 Å². The van der Waals surface area contributed by atoms with Crippen LogP contribution in [0.5, 0.6) is 5.88 Å². The normalized spacial score (nSPS) is 12.2. The molecule has 1 aromatic heterocycles. The Labute approximate surface area is 95.8 Å². The largest absolute Gasteiger partial charge is 0.480 e. The van der Waals surface area contributed by atoms with E-state index in [1.165, 1.54) is 12.3 Å². The number of carboxylic acids is 1. The first-order chi connectivity index (χ1) is 7.00. The number of pyridine rings is 1. The zero-order chi connectivity index (χ0) is 11.4. The number of aromatic nitrogens is 1. The molecular formula is C8H8Cl2N2O3. The van der Waals surface area contributed by atoms with Crippen LogP contribution in [-0.4, -0.2) is 28.7 Å². The first-order valence-corrected chi connectivity index (χ1v) is 4.68. The van der Waals surface area contributed by atoms with Crippen molar-refractivity contribution in [2.75, 3.05) is 6.61 Å². The van der Waals surface area contributed by atoms with E-state index < -0.39 is 12.0 Å². The smallest absolute Gasteiger partial charge is 0.324 e. The van der Waals surface area contributed by atoms with E-state index in [-0.39, 0.29) is 17.5 Å². The Hall–Kier alpha value is -1.04. The van der Waals surface area contributed by atoms with E-state index in [9.17, 15) is 4.79 Å². The second-order valence-electron chi connectivity index (χ2n) is 2.70. The first-order valence-electron chi connectivity index (χ1n) is 3.93. The number of hydrogen-bond acceptors (Lipinski definition) is 4. The minimum Gasteiger partial charge on any atom is -0.480 e. The van der Waals surface area contributed by atoms with E-state index >= 15 is 0 Å². The van der Waals surface area contributed by atoms with Gasteiger partial charge < -0.3 is 15.6 Å². The van der Waals surface area contributed by atoms with Gasteiger partial charge in [-0.15, -0.1) is 0 Å². The molecule has 7 heteroatoms. The number of aliphatic carboxylic acids is 1. The third kappa shape index (κ3) is 3.54. The fourth-order valence-electron chi connectivity index (χ4n) is 0.748. The van der Waals surface area contributed by atoms with Crippen molar-refractivity contribution < 1.29 is 14.6 Å². The van der Waals surface area contributed by atoms with Crippen LogP contribution in [0.3, 0.4) is 0 Å². The molecule has 0 fully saturated rings. The molecule has 0 saturated carbocycles. The van der Waals surface area contributed by atoms with Gasteiger partial charge in [-0.1, -0.05) is 23.2 Å². The van der Waals surface area contributed by atoms with E-state index in [2.05, 4.69) is 4.98 Å².